The number of anilines is 2. The van der Waals surface area contributed by atoms with Gasteiger partial charge in [0.2, 0.25) is 11.8 Å². The minimum absolute atomic E-state index is 0.0978. The minimum atomic E-state index is -1.43. The predicted octanol–water partition coefficient (Wildman–Crippen LogP) is 6.90. The Morgan fingerprint density at radius 3 is 2.40 bits per heavy atom. The summed E-state index contributed by atoms with van der Waals surface area (Å²) in [7, 11) is 0. The SMILES string of the molecule is CC(=O)c1nn(CC(=O)N2C[C@H](F)C[C@H]2C(=O)Nc2cccc(-c3ccccc3Cl)c2F)c2ccc(N3C[C@H]4CCCC[C@H]4C3)cc12. The van der Waals surface area contributed by atoms with E-state index >= 15 is 4.39 Å². The van der Waals surface area contributed by atoms with Gasteiger partial charge in [0.25, 0.3) is 0 Å². The maximum Gasteiger partial charge on any atom is 0.247 e. The fourth-order valence-electron chi connectivity index (χ4n) is 7.62. The molecule has 8 nitrogen and oxygen atoms in total. The Balaban J connectivity index is 1.10. The Hall–Kier alpha value is -4.31. The van der Waals surface area contributed by atoms with Gasteiger partial charge in [-0.05, 0) is 55.0 Å². The number of hydrogen-bond acceptors (Lipinski definition) is 5. The van der Waals surface area contributed by atoms with Crippen LogP contribution < -0.4 is 10.2 Å². The lowest BCUT2D eigenvalue weighted by molar-refractivity contribution is -0.137. The lowest BCUT2D eigenvalue weighted by Crippen LogP contribution is -2.44. The number of hydrogen-bond donors (Lipinski definition) is 1. The quantitative estimate of drug-likeness (QED) is 0.218. The Morgan fingerprint density at radius 2 is 1.68 bits per heavy atom. The molecule has 244 valence electrons. The highest BCUT2D eigenvalue weighted by Gasteiger charge is 2.40. The lowest BCUT2D eigenvalue weighted by atomic mass is 9.82. The molecule has 3 aromatic carbocycles. The first kappa shape index (κ1) is 31.3. The molecule has 2 amide bonds. The molecule has 4 aromatic rings. The van der Waals surface area contributed by atoms with Crippen LogP contribution in [-0.2, 0) is 16.1 Å². The largest absolute Gasteiger partial charge is 0.371 e. The molecule has 4 atom stereocenters. The van der Waals surface area contributed by atoms with Crippen molar-refractivity contribution in [2.75, 3.05) is 29.9 Å². The molecule has 0 unspecified atom stereocenters. The average Bonchev–Trinajstić information content (AvgIpc) is 3.77. The summed E-state index contributed by atoms with van der Waals surface area (Å²) in [6, 6.07) is 16.0. The van der Waals surface area contributed by atoms with E-state index in [-0.39, 0.29) is 42.2 Å². The summed E-state index contributed by atoms with van der Waals surface area (Å²) < 4.78 is 31.8. The molecular weight excluding hydrogens is 624 g/mol. The van der Waals surface area contributed by atoms with E-state index in [0.717, 1.165) is 18.8 Å². The van der Waals surface area contributed by atoms with Gasteiger partial charge in [0.1, 0.15) is 24.5 Å². The normalized spacial score (nSPS) is 22.5. The van der Waals surface area contributed by atoms with E-state index in [1.807, 2.05) is 18.2 Å². The van der Waals surface area contributed by atoms with E-state index in [0.29, 0.717) is 33.3 Å². The van der Waals surface area contributed by atoms with Gasteiger partial charge in [0.15, 0.2) is 11.6 Å². The highest BCUT2D eigenvalue weighted by Crippen LogP contribution is 2.39. The lowest BCUT2D eigenvalue weighted by Gasteiger charge is -2.24. The van der Waals surface area contributed by atoms with Crippen LogP contribution in [0.5, 0.6) is 0 Å². The summed E-state index contributed by atoms with van der Waals surface area (Å²) in [5, 5.41) is 8.07. The number of aromatic nitrogens is 2. The number of rotatable bonds is 7. The van der Waals surface area contributed by atoms with E-state index in [4.69, 9.17) is 11.6 Å². The van der Waals surface area contributed by atoms with Crippen molar-refractivity contribution in [2.24, 2.45) is 11.8 Å². The third-order valence-electron chi connectivity index (χ3n) is 9.99. The zero-order valence-electron chi connectivity index (χ0n) is 26.1. The number of Topliss-reactive ketones (excluding diaryl/α,β-unsaturated/α-hetero) is 1. The molecule has 1 N–H and O–H groups in total. The molecule has 1 aliphatic carbocycles. The van der Waals surface area contributed by atoms with E-state index in [1.165, 1.54) is 48.3 Å². The highest BCUT2D eigenvalue weighted by atomic mass is 35.5. The smallest absolute Gasteiger partial charge is 0.247 e. The van der Waals surface area contributed by atoms with Crippen LogP contribution in [0.1, 0.15) is 49.5 Å². The third-order valence-corrected chi connectivity index (χ3v) is 10.3. The second kappa shape index (κ2) is 12.7. The van der Waals surface area contributed by atoms with Crippen LogP contribution >= 0.6 is 11.6 Å². The van der Waals surface area contributed by atoms with Gasteiger partial charge in [-0.15, -0.1) is 0 Å². The van der Waals surface area contributed by atoms with Crippen LogP contribution in [0, 0.1) is 17.7 Å². The van der Waals surface area contributed by atoms with Gasteiger partial charge in [-0.3, -0.25) is 19.1 Å². The van der Waals surface area contributed by atoms with Crippen LogP contribution in [0.3, 0.4) is 0 Å². The maximum absolute atomic E-state index is 15.6. The third kappa shape index (κ3) is 5.99. The zero-order chi connectivity index (χ0) is 32.8. The standard InChI is InChI=1S/C36H36ClF2N5O3/c1-21(45)35-28-16-25(42-17-22-7-2-3-8-23(22)18-42)13-14-31(28)44(41-35)20-33(46)43-19-24(38)15-32(43)36(47)40-30-12-6-10-27(34(30)39)26-9-4-5-11-29(26)37/h4-6,9-14,16,22-24,32H,2-3,7-8,15,17-20H2,1H3,(H,40,47)/t22-,23+,24-,32+/m1/s1. The van der Waals surface area contributed by atoms with Crippen LogP contribution in [0.4, 0.5) is 20.2 Å². The molecular formula is C36H36ClF2N5O3. The molecule has 11 heteroatoms. The van der Waals surface area contributed by atoms with Gasteiger partial charge in [-0.1, -0.05) is 54.8 Å². The molecule has 0 bridgehead atoms. The van der Waals surface area contributed by atoms with Crippen molar-refractivity contribution >= 4 is 51.5 Å². The molecule has 3 aliphatic rings. The molecule has 3 fully saturated rings. The molecule has 3 heterocycles. The molecule has 2 saturated heterocycles. The molecule has 47 heavy (non-hydrogen) atoms. The van der Waals surface area contributed by atoms with Crippen molar-refractivity contribution in [2.45, 2.75) is 57.8 Å². The molecule has 7 rings (SSSR count). The van der Waals surface area contributed by atoms with Crippen LogP contribution in [0.15, 0.2) is 60.7 Å². The van der Waals surface area contributed by atoms with Crippen molar-refractivity contribution < 1.29 is 23.2 Å². The van der Waals surface area contributed by atoms with Crippen molar-refractivity contribution in [1.29, 1.82) is 0 Å². The summed E-state index contributed by atoms with van der Waals surface area (Å²) in [6.45, 7) is 2.87. The summed E-state index contributed by atoms with van der Waals surface area (Å²) >= 11 is 6.28. The van der Waals surface area contributed by atoms with Crippen molar-refractivity contribution in [3.63, 3.8) is 0 Å². The number of likely N-dealkylation sites (tertiary alicyclic amines) is 1. The van der Waals surface area contributed by atoms with Gasteiger partial charge in [-0.2, -0.15) is 5.10 Å². The Bertz CT molecular complexity index is 1860. The number of fused-ring (bicyclic) bond motifs is 2. The zero-order valence-corrected chi connectivity index (χ0v) is 26.9. The number of amides is 2. The number of halogens is 3. The number of benzene rings is 3. The second-order valence-corrected chi connectivity index (χ2v) is 13.4. The fraction of sp³-hybridized carbons (Fsp3) is 0.389. The number of nitrogens with zero attached hydrogens (tertiary/aromatic N) is 4. The van der Waals surface area contributed by atoms with Crippen molar-refractivity contribution in [3.05, 3.63) is 77.2 Å². The van der Waals surface area contributed by atoms with Gasteiger partial charge < -0.3 is 15.1 Å². The van der Waals surface area contributed by atoms with E-state index in [9.17, 15) is 18.8 Å². The number of ketones is 1. The summed E-state index contributed by atoms with van der Waals surface area (Å²) in [5.41, 5.74) is 2.47. The van der Waals surface area contributed by atoms with Gasteiger partial charge >= 0.3 is 0 Å². The fourth-order valence-corrected chi connectivity index (χ4v) is 7.86. The van der Waals surface area contributed by atoms with Crippen LogP contribution in [0.2, 0.25) is 5.02 Å². The number of carbonyl (C=O) groups excluding carboxylic acids is 3. The number of nitrogens with one attached hydrogen (secondary N) is 1. The molecule has 0 radical (unpaired) electrons. The monoisotopic (exact) mass is 659 g/mol. The van der Waals surface area contributed by atoms with Gasteiger partial charge in [-0.25, -0.2) is 8.78 Å². The van der Waals surface area contributed by atoms with E-state index in [2.05, 4.69) is 15.3 Å². The predicted molar refractivity (Wildman–Crippen MR) is 178 cm³/mol. The minimum Gasteiger partial charge on any atom is -0.371 e. The summed E-state index contributed by atoms with van der Waals surface area (Å²) in [5.74, 6) is -0.744. The average molecular weight is 660 g/mol. The van der Waals surface area contributed by atoms with Crippen LogP contribution in [0.25, 0.3) is 22.0 Å². The molecule has 1 saturated carbocycles. The first-order valence-corrected chi connectivity index (χ1v) is 16.6. The van der Waals surface area contributed by atoms with Crippen LogP contribution in [-0.4, -0.2) is 64.1 Å². The Kier molecular flexibility index (Phi) is 8.46. The maximum atomic E-state index is 15.6. The second-order valence-electron chi connectivity index (χ2n) is 13.0. The Morgan fingerprint density at radius 1 is 0.957 bits per heavy atom. The first-order valence-electron chi connectivity index (χ1n) is 16.2. The van der Waals surface area contributed by atoms with Gasteiger partial charge in [0, 0.05) is 53.7 Å². The van der Waals surface area contributed by atoms with Crippen molar-refractivity contribution in [3.8, 4) is 11.1 Å². The number of alkyl halides is 1. The number of carbonyl (C=O) groups is 3. The molecule has 0 spiro atoms. The molecule has 1 aromatic heterocycles. The topological polar surface area (TPSA) is 87.5 Å². The molecule has 2 aliphatic heterocycles. The van der Waals surface area contributed by atoms with E-state index in [1.54, 1.807) is 36.4 Å². The summed E-state index contributed by atoms with van der Waals surface area (Å²) in [6.07, 6.45) is 3.41. The first-order chi connectivity index (χ1) is 22.7. The van der Waals surface area contributed by atoms with E-state index < -0.39 is 29.8 Å². The van der Waals surface area contributed by atoms with Crippen molar-refractivity contribution in [1.82, 2.24) is 14.7 Å². The van der Waals surface area contributed by atoms with Gasteiger partial charge in [0.05, 0.1) is 17.7 Å². The Labute approximate surface area is 276 Å². The summed E-state index contributed by atoms with van der Waals surface area (Å²) in [4.78, 5) is 43.3. The highest BCUT2D eigenvalue weighted by molar-refractivity contribution is 6.33.